The summed E-state index contributed by atoms with van der Waals surface area (Å²) < 4.78 is 38.1. The highest BCUT2D eigenvalue weighted by molar-refractivity contribution is 7.16. The number of halogens is 2. The highest BCUT2D eigenvalue weighted by Gasteiger charge is 2.23. The van der Waals surface area contributed by atoms with E-state index in [0.29, 0.717) is 0 Å². The molecule has 174 valence electrons. The van der Waals surface area contributed by atoms with Gasteiger partial charge < -0.3 is 14.8 Å². The summed E-state index contributed by atoms with van der Waals surface area (Å²) in [5.74, 6) is -2.11. The summed E-state index contributed by atoms with van der Waals surface area (Å²) in [7, 11) is 0. The molecule has 4 aromatic rings. The lowest BCUT2D eigenvalue weighted by Gasteiger charge is -2.10. The second-order valence-corrected chi connectivity index (χ2v) is 7.79. The number of rotatable bonds is 7. The number of aromatic nitrogens is 2. The minimum absolute atomic E-state index is 0.0162. The van der Waals surface area contributed by atoms with Gasteiger partial charge in [0, 0.05) is 10.8 Å². The first kappa shape index (κ1) is 23.1. The lowest BCUT2D eigenvalue weighted by Crippen LogP contribution is -2.26. The molecule has 0 fully saturated rings. The standard InChI is InChI=1S/C23H17F2N3O5S/c1-2-32-23(31)20-17-12-34-21(26-18(29)11-33-16-8-6-13(24)7-9-16)19(17)22(30)28(27-20)15-5-3-4-14(25)10-15/h3-10,12H,2,11H2,1H3,(H,26,29). The Hall–Kier alpha value is -4.12. The monoisotopic (exact) mass is 485 g/mol. The van der Waals surface area contributed by atoms with Crippen molar-refractivity contribution in [2.24, 2.45) is 0 Å². The first-order valence-corrected chi connectivity index (χ1v) is 10.9. The largest absolute Gasteiger partial charge is 0.484 e. The summed E-state index contributed by atoms with van der Waals surface area (Å²) in [5, 5.41) is 8.56. The van der Waals surface area contributed by atoms with E-state index in [-0.39, 0.29) is 39.5 Å². The number of amides is 1. The normalized spacial score (nSPS) is 10.8. The number of thiophene rings is 1. The van der Waals surface area contributed by atoms with Crippen LogP contribution in [0.3, 0.4) is 0 Å². The summed E-state index contributed by atoms with van der Waals surface area (Å²) in [5.41, 5.74) is -0.717. The maximum atomic E-state index is 13.8. The molecule has 0 atom stereocenters. The first-order chi connectivity index (χ1) is 16.4. The molecule has 4 rings (SSSR count). The van der Waals surface area contributed by atoms with Gasteiger partial charge in [0.15, 0.2) is 12.3 Å². The molecular weight excluding hydrogens is 468 g/mol. The molecule has 0 aliphatic carbocycles. The molecule has 1 amide bonds. The van der Waals surface area contributed by atoms with Crippen LogP contribution in [0.4, 0.5) is 13.8 Å². The van der Waals surface area contributed by atoms with Crippen LogP contribution in [0.5, 0.6) is 5.75 Å². The predicted molar refractivity (Wildman–Crippen MR) is 122 cm³/mol. The topological polar surface area (TPSA) is 99.5 Å². The van der Waals surface area contributed by atoms with E-state index in [1.165, 1.54) is 47.8 Å². The maximum absolute atomic E-state index is 13.8. The zero-order chi connectivity index (χ0) is 24.2. The number of benzene rings is 2. The number of anilines is 1. The lowest BCUT2D eigenvalue weighted by atomic mass is 10.2. The highest BCUT2D eigenvalue weighted by Crippen LogP contribution is 2.30. The van der Waals surface area contributed by atoms with Gasteiger partial charge in [-0.15, -0.1) is 11.3 Å². The number of hydrogen-bond donors (Lipinski definition) is 1. The summed E-state index contributed by atoms with van der Waals surface area (Å²) >= 11 is 1.01. The fourth-order valence-electron chi connectivity index (χ4n) is 3.12. The molecule has 0 aliphatic rings. The Morgan fingerprint density at radius 2 is 1.88 bits per heavy atom. The zero-order valence-corrected chi connectivity index (χ0v) is 18.5. The molecule has 0 unspecified atom stereocenters. The van der Waals surface area contributed by atoms with Crippen molar-refractivity contribution in [2.45, 2.75) is 6.92 Å². The molecule has 0 saturated carbocycles. The van der Waals surface area contributed by atoms with Gasteiger partial charge in [0.25, 0.3) is 11.5 Å². The second-order valence-electron chi connectivity index (χ2n) is 6.91. The van der Waals surface area contributed by atoms with E-state index in [1.807, 2.05) is 0 Å². The predicted octanol–water partition coefficient (Wildman–Crippen LogP) is 3.92. The molecule has 34 heavy (non-hydrogen) atoms. The van der Waals surface area contributed by atoms with Gasteiger partial charge in [-0.05, 0) is 49.4 Å². The van der Waals surface area contributed by atoms with Crippen molar-refractivity contribution in [2.75, 3.05) is 18.5 Å². The number of nitrogens with one attached hydrogen (secondary N) is 1. The fourth-order valence-corrected chi connectivity index (χ4v) is 4.07. The zero-order valence-electron chi connectivity index (χ0n) is 17.7. The van der Waals surface area contributed by atoms with Crippen molar-refractivity contribution in [3.8, 4) is 11.4 Å². The van der Waals surface area contributed by atoms with Crippen molar-refractivity contribution in [3.63, 3.8) is 0 Å². The molecular formula is C23H17F2N3O5S. The minimum atomic E-state index is -0.770. The Balaban J connectivity index is 1.71. The van der Waals surface area contributed by atoms with E-state index in [9.17, 15) is 23.2 Å². The molecule has 0 aliphatic heterocycles. The van der Waals surface area contributed by atoms with E-state index >= 15 is 0 Å². The summed E-state index contributed by atoms with van der Waals surface area (Å²) in [6, 6.07) is 10.3. The van der Waals surface area contributed by atoms with Gasteiger partial charge in [-0.1, -0.05) is 6.07 Å². The molecule has 11 heteroatoms. The number of esters is 1. The average molecular weight is 485 g/mol. The average Bonchev–Trinajstić information content (AvgIpc) is 3.23. The van der Waals surface area contributed by atoms with Gasteiger partial charge in [-0.3, -0.25) is 9.59 Å². The number of fused-ring (bicyclic) bond motifs is 1. The molecule has 1 N–H and O–H groups in total. The van der Waals surface area contributed by atoms with E-state index in [2.05, 4.69) is 10.4 Å². The van der Waals surface area contributed by atoms with E-state index in [4.69, 9.17) is 9.47 Å². The van der Waals surface area contributed by atoms with Gasteiger partial charge in [-0.2, -0.15) is 9.78 Å². The molecule has 0 spiro atoms. The Bertz CT molecular complexity index is 1430. The van der Waals surface area contributed by atoms with Crippen molar-refractivity contribution in [1.82, 2.24) is 9.78 Å². The van der Waals surface area contributed by atoms with Gasteiger partial charge in [-0.25, -0.2) is 13.6 Å². The minimum Gasteiger partial charge on any atom is -0.484 e. The number of nitrogens with zero attached hydrogens (tertiary/aromatic N) is 2. The molecule has 2 aromatic heterocycles. The molecule has 2 heterocycles. The van der Waals surface area contributed by atoms with Gasteiger partial charge in [0.05, 0.1) is 17.7 Å². The van der Waals surface area contributed by atoms with Crippen LogP contribution in [0.25, 0.3) is 16.5 Å². The third-order valence-corrected chi connectivity index (χ3v) is 5.51. The van der Waals surface area contributed by atoms with Crippen LogP contribution < -0.4 is 15.6 Å². The molecule has 0 bridgehead atoms. The number of hydrogen-bond acceptors (Lipinski definition) is 7. The Labute approximate surface area is 195 Å². The van der Waals surface area contributed by atoms with Crippen LogP contribution in [-0.2, 0) is 9.53 Å². The van der Waals surface area contributed by atoms with Gasteiger partial charge in [0.1, 0.15) is 22.4 Å². The number of carbonyl (C=O) groups is 2. The summed E-state index contributed by atoms with van der Waals surface area (Å²) in [4.78, 5) is 38.3. The quantitative estimate of drug-likeness (QED) is 0.399. The maximum Gasteiger partial charge on any atom is 0.359 e. The van der Waals surface area contributed by atoms with Crippen LogP contribution >= 0.6 is 11.3 Å². The Kier molecular flexibility index (Phi) is 6.64. The molecule has 2 aromatic carbocycles. The SMILES string of the molecule is CCOC(=O)c1nn(-c2cccc(F)c2)c(=O)c2c(NC(=O)COc3ccc(F)cc3)scc12. The van der Waals surface area contributed by atoms with Gasteiger partial charge in [0.2, 0.25) is 0 Å². The number of ether oxygens (including phenoxy) is 2. The first-order valence-electron chi connectivity index (χ1n) is 10.0. The Morgan fingerprint density at radius 3 is 2.59 bits per heavy atom. The molecule has 0 radical (unpaired) electrons. The van der Waals surface area contributed by atoms with Crippen LogP contribution in [0, 0.1) is 11.6 Å². The summed E-state index contributed by atoms with van der Waals surface area (Å²) in [6.07, 6.45) is 0. The van der Waals surface area contributed by atoms with Gasteiger partial charge >= 0.3 is 5.97 Å². The highest BCUT2D eigenvalue weighted by atomic mass is 32.1. The third kappa shape index (κ3) is 4.79. The molecule has 0 saturated heterocycles. The van der Waals surface area contributed by atoms with Crippen LogP contribution in [0.2, 0.25) is 0 Å². The van der Waals surface area contributed by atoms with Crippen molar-refractivity contribution < 1.29 is 27.8 Å². The van der Waals surface area contributed by atoms with Crippen LogP contribution in [0.1, 0.15) is 17.4 Å². The summed E-state index contributed by atoms with van der Waals surface area (Å²) in [6.45, 7) is 1.30. The molecule has 8 nitrogen and oxygen atoms in total. The third-order valence-electron chi connectivity index (χ3n) is 4.61. The number of carbonyl (C=O) groups excluding carboxylic acids is 2. The van der Waals surface area contributed by atoms with E-state index in [1.54, 1.807) is 6.92 Å². The van der Waals surface area contributed by atoms with Crippen LogP contribution in [-0.4, -0.2) is 34.9 Å². The van der Waals surface area contributed by atoms with Crippen molar-refractivity contribution in [1.29, 1.82) is 0 Å². The van der Waals surface area contributed by atoms with E-state index in [0.717, 1.165) is 22.1 Å². The van der Waals surface area contributed by atoms with E-state index < -0.39 is 35.7 Å². The Morgan fingerprint density at radius 1 is 1.12 bits per heavy atom. The smallest absolute Gasteiger partial charge is 0.359 e. The van der Waals surface area contributed by atoms with Crippen molar-refractivity contribution >= 4 is 39.0 Å². The fraction of sp³-hybridized carbons (Fsp3) is 0.130. The second kappa shape index (κ2) is 9.79. The van der Waals surface area contributed by atoms with Crippen molar-refractivity contribution in [3.05, 3.63) is 81.6 Å². The lowest BCUT2D eigenvalue weighted by molar-refractivity contribution is -0.118. The van der Waals surface area contributed by atoms with Crippen LogP contribution in [0.15, 0.2) is 58.7 Å².